The summed E-state index contributed by atoms with van der Waals surface area (Å²) in [7, 11) is 0. The number of hydrogen-bond donors (Lipinski definition) is 0. The van der Waals surface area contributed by atoms with Crippen molar-refractivity contribution in [2.75, 3.05) is 19.6 Å². The molecular weight excluding hydrogens is 126 g/mol. The molecule has 1 saturated heterocycles. The van der Waals surface area contributed by atoms with Crippen LogP contribution in [0.4, 0.5) is 0 Å². The molecule has 0 aromatic carbocycles. The minimum absolute atomic E-state index is 0.696. The second-order valence-electron chi connectivity index (χ2n) is 2.76. The molecular formula is C8H13NO. The van der Waals surface area contributed by atoms with E-state index < -0.39 is 0 Å². The van der Waals surface area contributed by atoms with E-state index in [1.807, 2.05) is 0 Å². The SMILES string of the molecule is C=C(C=O)CN1CCCC1. The lowest BCUT2D eigenvalue weighted by atomic mass is 10.3. The molecule has 0 spiro atoms. The van der Waals surface area contributed by atoms with E-state index in [9.17, 15) is 4.79 Å². The highest BCUT2D eigenvalue weighted by Gasteiger charge is 2.11. The van der Waals surface area contributed by atoms with E-state index in [2.05, 4.69) is 11.5 Å². The smallest absolute Gasteiger partial charge is 0.146 e. The number of hydrogen-bond acceptors (Lipinski definition) is 2. The Balaban J connectivity index is 2.23. The van der Waals surface area contributed by atoms with E-state index in [1.165, 1.54) is 12.8 Å². The first-order chi connectivity index (χ1) is 4.83. The fourth-order valence-electron chi connectivity index (χ4n) is 1.27. The van der Waals surface area contributed by atoms with Crippen molar-refractivity contribution in [3.63, 3.8) is 0 Å². The van der Waals surface area contributed by atoms with Crippen LogP contribution in [0.25, 0.3) is 0 Å². The Morgan fingerprint density at radius 3 is 2.60 bits per heavy atom. The molecule has 56 valence electrons. The van der Waals surface area contributed by atoms with Crippen molar-refractivity contribution in [3.8, 4) is 0 Å². The summed E-state index contributed by atoms with van der Waals surface area (Å²) >= 11 is 0. The lowest BCUT2D eigenvalue weighted by Gasteiger charge is -2.12. The molecule has 0 aliphatic carbocycles. The molecule has 1 aliphatic heterocycles. The van der Waals surface area contributed by atoms with Gasteiger partial charge in [-0.15, -0.1) is 0 Å². The Morgan fingerprint density at radius 1 is 1.50 bits per heavy atom. The Bertz CT molecular complexity index is 136. The molecule has 10 heavy (non-hydrogen) atoms. The molecule has 0 aromatic heterocycles. The Morgan fingerprint density at radius 2 is 2.10 bits per heavy atom. The largest absolute Gasteiger partial charge is 0.299 e. The van der Waals surface area contributed by atoms with E-state index in [0.717, 1.165) is 25.9 Å². The van der Waals surface area contributed by atoms with Gasteiger partial charge in [-0.2, -0.15) is 0 Å². The van der Waals surface area contributed by atoms with Crippen LogP contribution in [-0.2, 0) is 4.79 Å². The predicted molar refractivity (Wildman–Crippen MR) is 40.9 cm³/mol. The summed E-state index contributed by atoms with van der Waals surface area (Å²) < 4.78 is 0. The number of likely N-dealkylation sites (tertiary alicyclic amines) is 1. The number of rotatable bonds is 3. The molecule has 0 unspecified atom stereocenters. The summed E-state index contributed by atoms with van der Waals surface area (Å²) in [6.45, 7) is 6.66. The van der Waals surface area contributed by atoms with Crippen molar-refractivity contribution >= 4 is 6.29 Å². The van der Waals surface area contributed by atoms with Gasteiger partial charge in [0.1, 0.15) is 6.29 Å². The van der Waals surface area contributed by atoms with E-state index in [1.54, 1.807) is 0 Å². The lowest BCUT2D eigenvalue weighted by Crippen LogP contribution is -2.21. The third-order valence-electron chi connectivity index (χ3n) is 1.79. The van der Waals surface area contributed by atoms with Crippen molar-refractivity contribution in [1.29, 1.82) is 0 Å². The summed E-state index contributed by atoms with van der Waals surface area (Å²) in [5, 5.41) is 0. The first-order valence-electron chi connectivity index (χ1n) is 3.68. The average Bonchev–Trinajstić information content (AvgIpc) is 2.40. The van der Waals surface area contributed by atoms with Crippen LogP contribution in [0.3, 0.4) is 0 Å². The maximum atomic E-state index is 10.2. The highest BCUT2D eigenvalue weighted by atomic mass is 16.1. The summed E-state index contributed by atoms with van der Waals surface area (Å²) in [6, 6.07) is 0. The van der Waals surface area contributed by atoms with Crippen molar-refractivity contribution in [1.82, 2.24) is 4.90 Å². The summed E-state index contributed by atoms with van der Waals surface area (Å²) in [5.74, 6) is 0. The van der Waals surface area contributed by atoms with Crippen LogP contribution >= 0.6 is 0 Å². The molecule has 0 radical (unpaired) electrons. The van der Waals surface area contributed by atoms with Crippen LogP contribution in [0.1, 0.15) is 12.8 Å². The molecule has 1 rings (SSSR count). The van der Waals surface area contributed by atoms with Crippen LogP contribution in [0, 0.1) is 0 Å². The number of carbonyl (C=O) groups excluding carboxylic acids is 1. The zero-order valence-electron chi connectivity index (χ0n) is 6.18. The van der Waals surface area contributed by atoms with Gasteiger partial charge in [-0.1, -0.05) is 6.58 Å². The fourth-order valence-corrected chi connectivity index (χ4v) is 1.27. The van der Waals surface area contributed by atoms with Gasteiger partial charge in [-0.25, -0.2) is 0 Å². The van der Waals surface area contributed by atoms with Crippen molar-refractivity contribution in [3.05, 3.63) is 12.2 Å². The quantitative estimate of drug-likeness (QED) is 0.426. The van der Waals surface area contributed by atoms with Gasteiger partial charge in [0.15, 0.2) is 0 Å². The molecule has 0 N–H and O–H groups in total. The van der Waals surface area contributed by atoms with Crippen molar-refractivity contribution < 1.29 is 4.79 Å². The first-order valence-corrected chi connectivity index (χ1v) is 3.68. The van der Waals surface area contributed by atoms with Gasteiger partial charge in [0.2, 0.25) is 0 Å². The third kappa shape index (κ3) is 1.95. The van der Waals surface area contributed by atoms with E-state index >= 15 is 0 Å². The molecule has 1 fully saturated rings. The second-order valence-corrected chi connectivity index (χ2v) is 2.76. The maximum Gasteiger partial charge on any atom is 0.146 e. The normalized spacial score (nSPS) is 19.2. The Labute approximate surface area is 61.5 Å². The zero-order valence-corrected chi connectivity index (χ0v) is 6.18. The minimum atomic E-state index is 0.696. The van der Waals surface area contributed by atoms with E-state index in [0.29, 0.717) is 5.57 Å². The highest BCUT2D eigenvalue weighted by Crippen LogP contribution is 2.07. The van der Waals surface area contributed by atoms with Crippen molar-refractivity contribution in [2.24, 2.45) is 0 Å². The van der Waals surface area contributed by atoms with Gasteiger partial charge in [-0.3, -0.25) is 9.69 Å². The van der Waals surface area contributed by atoms with Crippen LogP contribution < -0.4 is 0 Å². The minimum Gasteiger partial charge on any atom is -0.299 e. The Hall–Kier alpha value is -0.630. The monoisotopic (exact) mass is 139 g/mol. The van der Waals surface area contributed by atoms with Gasteiger partial charge in [0, 0.05) is 6.54 Å². The van der Waals surface area contributed by atoms with Gasteiger partial charge >= 0.3 is 0 Å². The van der Waals surface area contributed by atoms with Gasteiger partial charge < -0.3 is 0 Å². The van der Waals surface area contributed by atoms with Gasteiger partial charge in [0.05, 0.1) is 0 Å². The lowest BCUT2D eigenvalue weighted by molar-refractivity contribution is -0.105. The molecule has 0 amide bonds. The number of carbonyl (C=O) groups is 1. The topological polar surface area (TPSA) is 20.3 Å². The molecule has 2 heteroatoms. The van der Waals surface area contributed by atoms with Gasteiger partial charge in [-0.05, 0) is 31.5 Å². The van der Waals surface area contributed by atoms with E-state index in [-0.39, 0.29) is 0 Å². The third-order valence-corrected chi connectivity index (χ3v) is 1.79. The molecule has 2 nitrogen and oxygen atoms in total. The summed E-state index contributed by atoms with van der Waals surface area (Å²) in [4.78, 5) is 12.4. The van der Waals surface area contributed by atoms with Crippen LogP contribution in [0.2, 0.25) is 0 Å². The molecule has 0 atom stereocenters. The summed E-state index contributed by atoms with van der Waals surface area (Å²) in [6.07, 6.45) is 3.39. The van der Waals surface area contributed by atoms with Crippen LogP contribution in [0.15, 0.2) is 12.2 Å². The zero-order chi connectivity index (χ0) is 7.40. The molecule has 0 saturated carbocycles. The number of nitrogens with zero attached hydrogens (tertiary/aromatic N) is 1. The molecule has 1 aliphatic rings. The standard InChI is InChI=1S/C8H13NO/c1-8(7-10)6-9-4-2-3-5-9/h7H,1-6H2. The molecule has 1 heterocycles. The first kappa shape index (κ1) is 7.48. The average molecular weight is 139 g/mol. The fraction of sp³-hybridized carbons (Fsp3) is 0.625. The number of aldehydes is 1. The van der Waals surface area contributed by atoms with Crippen LogP contribution in [-0.4, -0.2) is 30.8 Å². The Kier molecular flexibility index (Phi) is 2.63. The van der Waals surface area contributed by atoms with Gasteiger partial charge in [0.25, 0.3) is 0 Å². The highest BCUT2D eigenvalue weighted by molar-refractivity contribution is 5.72. The molecule has 0 bridgehead atoms. The van der Waals surface area contributed by atoms with E-state index in [4.69, 9.17) is 0 Å². The summed E-state index contributed by atoms with van der Waals surface area (Å²) in [5.41, 5.74) is 0.696. The predicted octanol–water partition coefficient (Wildman–Crippen LogP) is 0.837. The molecule has 0 aromatic rings. The maximum absolute atomic E-state index is 10.2. The second kappa shape index (κ2) is 3.52. The van der Waals surface area contributed by atoms with Crippen LogP contribution in [0.5, 0.6) is 0 Å². The van der Waals surface area contributed by atoms with Crippen molar-refractivity contribution in [2.45, 2.75) is 12.8 Å².